The summed E-state index contributed by atoms with van der Waals surface area (Å²) in [6.07, 6.45) is 3.98. The Balaban J connectivity index is 2.54. The number of rotatable bonds is 2. The van der Waals surface area contributed by atoms with Crippen LogP contribution >= 0.6 is 0 Å². The van der Waals surface area contributed by atoms with Gasteiger partial charge in [0.15, 0.2) is 0 Å². The van der Waals surface area contributed by atoms with Crippen LogP contribution in [-0.2, 0) is 4.79 Å². The molecule has 0 aromatic carbocycles. The van der Waals surface area contributed by atoms with Crippen molar-refractivity contribution in [3.05, 3.63) is 0 Å². The molecule has 2 N–H and O–H groups in total. The molecule has 0 bridgehead atoms. The maximum atomic E-state index is 11.8. The molecule has 0 spiro atoms. The summed E-state index contributed by atoms with van der Waals surface area (Å²) in [5.74, 6) is 2.41. The molecule has 1 aliphatic heterocycles. The van der Waals surface area contributed by atoms with Gasteiger partial charge in [-0.1, -0.05) is 5.92 Å². The Labute approximate surface area is 88.4 Å². The molecule has 5 heteroatoms. The number of terminal acetylenes is 1. The van der Waals surface area contributed by atoms with Crippen LogP contribution in [0.4, 0.5) is 4.79 Å². The molecule has 0 aliphatic carbocycles. The molecule has 0 saturated carbocycles. The lowest BCUT2D eigenvalue weighted by molar-refractivity contribution is -0.142. The van der Waals surface area contributed by atoms with E-state index in [0.717, 1.165) is 0 Å². The smallest absolute Gasteiger partial charge is 0.405 e. The molecule has 82 valence electrons. The van der Waals surface area contributed by atoms with Crippen molar-refractivity contribution in [3.8, 4) is 12.3 Å². The molecule has 0 unspecified atom stereocenters. The van der Waals surface area contributed by atoms with Crippen molar-refractivity contribution < 1.29 is 14.7 Å². The first-order chi connectivity index (χ1) is 6.86. The molecule has 2 amide bonds. The lowest BCUT2D eigenvalue weighted by Crippen LogP contribution is -2.61. The predicted octanol–water partition coefficient (Wildman–Crippen LogP) is 0.124. The molecular weight excluding hydrogens is 196 g/mol. The second kappa shape index (κ2) is 3.81. The molecule has 0 radical (unpaired) electrons. The SMILES string of the molecule is C#CC1CN(C(=O)C(C)(C)NC(=O)O)C1. The fourth-order valence-electron chi connectivity index (χ4n) is 1.47. The number of amides is 2. The highest BCUT2D eigenvalue weighted by molar-refractivity contribution is 5.89. The Morgan fingerprint density at radius 1 is 1.53 bits per heavy atom. The van der Waals surface area contributed by atoms with Gasteiger partial charge in [-0.2, -0.15) is 0 Å². The molecule has 1 aliphatic rings. The summed E-state index contributed by atoms with van der Waals surface area (Å²) < 4.78 is 0. The zero-order valence-electron chi connectivity index (χ0n) is 8.78. The largest absolute Gasteiger partial charge is 0.465 e. The van der Waals surface area contributed by atoms with Crippen molar-refractivity contribution in [1.82, 2.24) is 10.2 Å². The lowest BCUT2D eigenvalue weighted by Gasteiger charge is -2.40. The van der Waals surface area contributed by atoms with E-state index >= 15 is 0 Å². The van der Waals surface area contributed by atoms with Crippen molar-refractivity contribution in [3.63, 3.8) is 0 Å². The molecule has 0 aromatic heterocycles. The van der Waals surface area contributed by atoms with Gasteiger partial charge >= 0.3 is 6.09 Å². The fraction of sp³-hybridized carbons (Fsp3) is 0.600. The summed E-state index contributed by atoms with van der Waals surface area (Å²) in [7, 11) is 0. The van der Waals surface area contributed by atoms with E-state index in [1.165, 1.54) is 13.8 Å². The predicted molar refractivity (Wildman–Crippen MR) is 54.1 cm³/mol. The fourth-order valence-corrected chi connectivity index (χ4v) is 1.47. The number of likely N-dealkylation sites (tertiary alicyclic amines) is 1. The van der Waals surface area contributed by atoms with Gasteiger partial charge in [0.25, 0.3) is 0 Å². The highest BCUT2D eigenvalue weighted by atomic mass is 16.4. The molecular formula is C10H14N2O3. The molecule has 1 rings (SSSR count). The first-order valence-corrected chi connectivity index (χ1v) is 4.63. The van der Waals surface area contributed by atoms with Crippen LogP contribution in [0.2, 0.25) is 0 Å². The van der Waals surface area contributed by atoms with Crippen LogP contribution in [0.25, 0.3) is 0 Å². The number of carbonyl (C=O) groups excluding carboxylic acids is 1. The summed E-state index contributed by atoms with van der Waals surface area (Å²) in [4.78, 5) is 23.8. The van der Waals surface area contributed by atoms with E-state index in [-0.39, 0.29) is 11.8 Å². The minimum absolute atomic E-state index is 0.106. The van der Waals surface area contributed by atoms with E-state index in [2.05, 4.69) is 11.2 Å². The first-order valence-electron chi connectivity index (χ1n) is 4.63. The van der Waals surface area contributed by atoms with Gasteiger partial charge in [-0.3, -0.25) is 4.79 Å². The third kappa shape index (κ3) is 2.40. The van der Waals surface area contributed by atoms with E-state index in [1.807, 2.05) is 0 Å². The molecule has 1 fully saturated rings. The van der Waals surface area contributed by atoms with Crippen LogP contribution in [-0.4, -0.2) is 40.6 Å². The molecule has 1 heterocycles. The summed E-state index contributed by atoms with van der Waals surface area (Å²) in [6.45, 7) is 4.10. The van der Waals surface area contributed by atoms with E-state index in [0.29, 0.717) is 13.1 Å². The monoisotopic (exact) mass is 210 g/mol. The zero-order valence-corrected chi connectivity index (χ0v) is 8.78. The topological polar surface area (TPSA) is 69.6 Å². The van der Waals surface area contributed by atoms with Crippen LogP contribution in [0.15, 0.2) is 0 Å². The van der Waals surface area contributed by atoms with Gasteiger partial charge in [0.1, 0.15) is 5.54 Å². The second-order valence-electron chi connectivity index (χ2n) is 4.13. The van der Waals surface area contributed by atoms with Crippen LogP contribution < -0.4 is 5.32 Å². The zero-order chi connectivity index (χ0) is 11.6. The van der Waals surface area contributed by atoms with Crippen LogP contribution in [0.1, 0.15) is 13.8 Å². The summed E-state index contributed by atoms with van der Waals surface area (Å²) in [5, 5.41) is 10.7. The van der Waals surface area contributed by atoms with Crippen LogP contribution in [0.3, 0.4) is 0 Å². The number of hydrogen-bond acceptors (Lipinski definition) is 2. The van der Waals surface area contributed by atoms with Crippen molar-refractivity contribution in [2.75, 3.05) is 13.1 Å². The maximum absolute atomic E-state index is 11.8. The van der Waals surface area contributed by atoms with E-state index in [1.54, 1.807) is 4.90 Å². The van der Waals surface area contributed by atoms with E-state index in [4.69, 9.17) is 11.5 Å². The molecule has 15 heavy (non-hydrogen) atoms. The normalized spacial score (nSPS) is 16.5. The highest BCUT2D eigenvalue weighted by Crippen LogP contribution is 2.19. The standard InChI is InChI=1S/C10H14N2O3/c1-4-7-5-12(6-7)8(13)10(2,3)11-9(14)15/h1,7,11H,5-6H2,2-3H3,(H,14,15). The number of hydrogen-bond donors (Lipinski definition) is 2. The minimum atomic E-state index is -1.21. The molecule has 0 atom stereocenters. The van der Waals surface area contributed by atoms with Gasteiger partial charge in [0.2, 0.25) is 5.91 Å². The third-order valence-electron chi connectivity index (χ3n) is 2.36. The van der Waals surface area contributed by atoms with Crippen molar-refractivity contribution in [2.24, 2.45) is 5.92 Å². The summed E-state index contributed by atoms with van der Waals surface area (Å²) in [6, 6.07) is 0. The number of carboxylic acid groups (broad SMARTS) is 1. The van der Waals surface area contributed by atoms with Crippen molar-refractivity contribution in [2.45, 2.75) is 19.4 Å². The molecule has 1 saturated heterocycles. The average molecular weight is 210 g/mol. The van der Waals surface area contributed by atoms with Gasteiger partial charge in [-0.25, -0.2) is 4.79 Å². The second-order valence-corrected chi connectivity index (χ2v) is 4.13. The van der Waals surface area contributed by atoms with Crippen LogP contribution in [0, 0.1) is 18.3 Å². The average Bonchev–Trinajstić information content (AvgIpc) is 1.99. The van der Waals surface area contributed by atoms with Gasteiger partial charge in [-0.05, 0) is 13.8 Å². The minimum Gasteiger partial charge on any atom is -0.465 e. The number of carbonyl (C=O) groups is 2. The Hall–Kier alpha value is -1.70. The van der Waals surface area contributed by atoms with Crippen molar-refractivity contribution >= 4 is 12.0 Å². The quantitative estimate of drug-likeness (QED) is 0.636. The first kappa shape index (κ1) is 11.4. The van der Waals surface area contributed by atoms with E-state index < -0.39 is 11.6 Å². The Bertz CT molecular complexity index is 324. The Kier molecular flexibility index (Phi) is 2.89. The molecule has 5 nitrogen and oxygen atoms in total. The van der Waals surface area contributed by atoms with Crippen molar-refractivity contribution in [1.29, 1.82) is 0 Å². The van der Waals surface area contributed by atoms with Gasteiger partial charge in [-0.15, -0.1) is 6.42 Å². The van der Waals surface area contributed by atoms with Gasteiger partial charge < -0.3 is 15.3 Å². The Morgan fingerprint density at radius 3 is 2.47 bits per heavy atom. The van der Waals surface area contributed by atoms with E-state index in [9.17, 15) is 9.59 Å². The van der Waals surface area contributed by atoms with Crippen LogP contribution in [0.5, 0.6) is 0 Å². The number of nitrogens with one attached hydrogen (secondary N) is 1. The van der Waals surface area contributed by atoms with Gasteiger partial charge in [0.05, 0.1) is 5.92 Å². The maximum Gasteiger partial charge on any atom is 0.405 e. The van der Waals surface area contributed by atoms with Gasteiger partial charge in [0, 0.05) is 13.1 Å². The molecule has 0 aromatic rings. The Morgan fingerprint density at radius 2 is 2.07 bits per heavy atom. The number of nitrogens with zero attached hydrogens (tertiary/aromatic N) is 1. The summed E-state index contributed by atoms with van der Waals surface area (Å²) >= 11 is 0. The lowest BCUT2D eigenvalue weighted by atomic mass is 9.96. The summed E-state index contributed by atoms with van der Waals surface area (Å²) in [5.41, 5.74) is -1.09. The highest BCUT2D eigenvalue weighted by Gasteiger charge is 2.38. The third-order valence-corrected chi connectivity index (χ3v) is 2.36.